The standard InChI is InChI=1S/C13H14F3N/c1-3-4-9-17-10(2)11-5-7-12(8-6-11)13(14,15)16/h5-8,10,17H,9H2,1-2H3. The van der Waals surface area contributed by atoms with Crippen molar-refractivity contribution in [1.29, 1.82) is 0 Å². The minimum atomic E-state index is -4.27. The normalized spacial score (nSPS) is 12.8. The van der Waals surface area contributed by atoms with E-state index in [0.29, 0.717) is 6.54 Å². The summed E-state index contributed by atoms with van der Waals surface area (Å²) in [6.07, 6.45) is -4.27. The fourth-order valence-electron chi connectivity index (χ4n) is 1.37. The Kier molecular flexibility index (Phi) is 4.59. The van der Waals surface area contributed by atoms with E-state index in [1.54, 1.807) is 6.92 Å². The Hall–Kier alpha value is -1.47. The van der Waals surface area contributed by atoms with Crippen molar-refractivity contribution in [1.82, 2.24) is 5.32 Å². The van der Waals surface area contributed by atoms with Crippen LogP contribution in [0.4, 0.5) is 13.2 Å². The fourth-order valence-corrected chi connectivity index (χ4v) is 1.37. The Bertz CT molecular complexity index is 409. The highest BCUT2D eigenvalue weighted by molar-refractivity contribution is 5.26. The largest absolute Gasteiger partial charge is 0.416 e. The summed E-state index contributed by atoms with van der Waals surface area (Å²) in [4.78, 5) is 0. The lowest BCUT2D eigenvalue weighted by Crippen LogP contribution is -2.18. The van der Waals surface area contributed by atoms with Crippen LogP contribution in [0.5, 0.6) is 0 Å². The first-order chi connectivity index (χ1) is 7.95. The maximum absolute atomic E-state index is 12.3. The molecule has 0 bridgehead atoms. The van der Waals surface area contributed by atoms with Crippen LogP contribution in [0, 0.1) is 11.8 Å². The van der Waals surface area contributed by atoms with Gasteiger partial charge in [-0.15, -0.1) is 5.92 Å². The van der Waals surface area contributed by atoms with E-state index in [2.05, 4.69) is 17.2 Å². The molecule has 1 atom stereocenters. The molecular weight excluding hydrogens is 227 g/mol. The van der Waals surface area contributed by atoms with Gasteiger partial charge in [-0.2, -0.15) is 13.2 Å². The molecule has 1 aromatic rings. The summed E-state index contributed by atoms with van der Waals surface area (Å²) in [5.74, 6) is 5.59. The molecule has 0 spiro atoms. The van der Waals surface area contributed by atoms with Gasteiger partial charge in [-0.05, 0) is 31.5 Å². The first kappa shape index (κ1) is 13.6. The van der Waals surface area contributed by atoms with Crippen LogP contribution in [0.15, 0.2) is 24.3 Å². The van der Waals surface area contributed by atoms with Crippen molar-refractivity contribution in [3.05, 3.63) is 35.4 Å². The second-order valence-corrected chi connectivity index (χ2v) is 3.65. The van der Waals surface area contributed by atoms with Crippen LogP contribution < -0.4 is 5.32 Å². The average molecular weight is 241 g/mol. The zero-order chi connectivity index (χ0) is 12.9. The van der Waals surface area contributed by atoms with Gasteiger partial charge in [-0.3, -0.25) is 5.32 Å². The second-order valence-electron chi connectivity index (χ2n) is 3.65. The zero-order valence-corrected chi connectivity index (χ0v) is 9.73. The third kappa shape index (κ3) is 4.12. The number of benzene rings is 1. The van der Waals surface area contributed by atoms with Crippen molar-refractivity contribution in [2.75, 3.05) is 6.54 Å². The average Bonchev–Trinajstić information content (AvgIpc) is 2.28. The smallest absolute Gasteiger partial charge is 0.300 e. The maximum atomic E-state index is 12.3. The predicted octanol–water partition coefficient (Wildman–Crippen LogP) is 3.38. The topological polar surface area (TPSA) is 12.0 Å². The molecule has 0 aliphatic rings. The van der Waals surface area contributed by atoms with Crippen LogP contribution in [0.3, 0.4) is 0 Å². The van der Waals surface area contributed by atoms with E-state index in [9.17, 15) is 13.2 Å². The molecule has 0 heterocycles. The van der Waals surface area contributed by atoms with E-state index in [0.717, 1.165) is 17.7 Å². The van der Waals surface area contributed by atoms with Gasteiger partial charge in [-0.1, -0.05) is 18.1 Å². The summed E-state index contributed by atoms with van der Waals surface area (Å²) in [5, 5.41) is 3.10. The lowest BCUT2D eigenvalue weighted by molar-refractivity contribution is -0.137. The molecule has 1 unspecified atom stereocenters. The number of hydrogen-bond acceptors (Lipinski definition) is 1. The quantitative estimate of drug-likeness (QED) is 0.800. The first-order valence-corrected chi connectivity index (χ1v) is 5.25. The fraction of sp³-hybridized carbons (Fsp3) is 0.385. The highest BCUT2D eigenvalue weighted by atomic mass is 19.4. The molecule has 0 radical (unpaired) electrons. The molecule has 0 aliphatic carbocycles. The van der Waals surface area contributed by atoms with Gasteiger partial charge in [0.05, 0.1) is 12.1 Å². The van der Waals surface area contributed by atoms with Crippen molar-refractivity contribution in [2.24, 2.45) is 0 Å². The summed E-state index contributed by atoms with van der Waals surface area (Å²) in [6, 6.07) is 5.15. The lowest BCUT2D eigenvalue weighted by Gasteiger charge is -2.13. The van der Waals surface area contributed by atoms with E-state index in [1.807, 2.05) is 6.92 Å². The third-order valence-corrected chi connectivity index (χ3v) is 2.41. The van der Waals surface area contributed by atoms with Gasteiger partial charge in [0.25, 0.3) is 0 Å². The van der Waals surface area contributed by atoms with E-state index < -0.39 is 11.7 Å². The summed E-state index contributed by atoms with van der Waals surface area (Å²) < 4.78 is 37.0. The molecular formula is C13H14F3N. The Morgan fingerprint density at radius 3 is 2.29 bits per heavy atom. The number of hydrogen-bond donors (Lipinski definition) is 1. The van der Waals surface area contributed by atoms with Gasteiger partial charge in [-0.25, -0.2) is 0 Å². The molecule has 0 aliphatic heterocycles. The van der Waals surface area contributed by atoms with Crippen molar-refractivity contribution < 1.29 is 13.2 Å². The second kappa shape index (κ2) is 5.74. The van der Waals surface area contributed by atoms with Crippen molar-refractivity contribution in [3.8, 4) is 11.8 Å². The molecule has 1 N–H and O–H groups in total. The maximum Gasteiger partial charge on any atom is 0.416 e. The molecule has 0 saturated carbocycles. The molecule has 1 rings (SSSR count). The number of rotatable bonds is 3. The molecule has 0 aromatic heterocycles. The molecule has 1 aromatic carbocycles. The van der Waals surface area contributed by atoms with E-state index >= 15 is 0 Å². The van der Waals surface area contributed by atoms with Crippen LogP contribution in [0.2, 0.25) is 0 Å². The first-order valence-electron chi connectivity index (χ1n) is 5.25. The molecule has 0 saturated heterocycles. The highest BCUT2D eigenvalue weighted by Crippen LogP contribution is 2.29. The molecule has 17 heavy (non-hydrogen) atoms. The van der Waals surface area contributed by atoms with Crippen molar-refractivity contribution in [2.45, 2.75) is 26.1 Å². The van der Waals surface area contributed by atoms with E-state index in [-0.39, 0.29) is 6.04 Å². The van der Waals surface area contributed by atoms with E-state index in [4.69, 9.17) is 0 Å². The van der Waals surface area contributed by atoms with Crippen LogP contribution in [-0.2, 0) is 6.18 Å². The molecule has 0 amide bonds. The number of alkyl halides is 3. The summed E-state index contributed by atoms with van der Waals surface area (Å²) in [5.41, 5.74) is 0.192. The monoisotopic (exact) mass is 241 g/mol. The minimum Gasteiger partial charge on any atom is -0.300 e. The Morgan fingerprint density at radius 2 is 1.82 bits per heavy atom. The SMILES string of the molecule is CC#CCNC(C)c1ccc(C(F)(F)F)cc1. The summed E-state index contributed by atoms with van der Waals surface area (Å²) in [6.45, 7) is 4.16. The zero-order valence-electron chi connectivity index (χ0n) is 9.73. The van der Waals surface area contributed by atoms with Crippen molar-refractivity contribution >= 4 is 0 Å². The molecule has 0 fully saturated rings. The predicted molar refractivity (Wildman–Crippen MR) is 61.3 cm³/mol. The van der Waals surface area contributed by atoms with Gasteiger partial charge in [0.1, 0.15) is 0 Å². The van der Waals surface area contributed by atoms with Crippen LogP contribution in [0.1, 0.15) is 31.0 Å². The molecule has 4 heteroatoms. The molecule has 92 valence electrons. The highest BCUT2D eigenvalue weighted by Gasteiger charge is 2.30. The number of nitrogens with one attached hydrogen (secondary N) is 1. The van der Waals surface area contributed by atoms with Crippen LogP contribution >= 0.6 is 0 Å². The third-order valence-electron chi connectivity index (χ3n) is 2.41. The van der Waals surface area contributed by atoms with Crippen molar-refractivity contribution in [3.63, 3.8) is 0 Å². The van der Waals surface area contributed by atoms with E-state index in [1.165, 1.54) is 12.1 Å². The lowest BCUT2D eigenvalue weighted by atomic mass is 10.1. The van der Waals surface area contributed by atoms with Gasteiger partial charge in [0.2, 0.25) is 0 Å². The minimum absolute atomic E-state index is 0.0156. The van der Waals surface area contributed by atoms with Crippen LogP contribution in [0.25, 0.3) is 0 Å². The Morgan fingerprint density at radius 1 is 1.24 bits per heavy atom. The number of halogens is 3. The van der Waals surface area contributed by atoms with Gasteiger partial charge in [0, 0.05) is 6.04 Å². The van der Waals surface area contributed by atoms with Crippen LogP contribution in [-0.4, -0.2) is 6.54 Å². The van der Waals surface area contributed by atoms with Gasteiger partial charge in [0.15, 0.2) is 0 Å². The summed E-state index contributed by atoms with van der Waals surface area (Å²) >= 11 is 0. The summed E-state index contributed by atoms with van der Waals surface area (Å²) in [7, 11) is 0. The van der Waals surface area contributed by atoms with Gasteiger partial charge >= 0.3 is 6.18 Å². The molecule has 1 nitrogen and oxygen atoms in total. The Labute approximate surface area is 99.0 Å². The van der Waals surface area contributed by atoms with Gasteiger partial charge < -0.3 is 0 Å². The Balaban J connectivity index is 2.69.